The van der Waals surface area contributed by atoms with Crippen molar-refractivity contribution >= 4 is 15.7 Å². The van der Waals surface area contributed by atoms with Crippen molar-refractivity contribution in [1.82, 2.24) is 10.6 Å². The number of hydrogen-bond acceptors (Lipinski definition) is 4. The minimum Gasteiger partial charge on any atom is -0.352 e. The van der Waals surface area contributed by atoms with E-state index in [1.54, 1.807) is 0 Å². The normalized spacial score (nSPS) is 31.0. The van der Waals surface area contributed by atoms with Gasteiger partial charge in [0.25, 0.3) is 0 Å². The first-order valence-electron chi connectivity index (χ1n) is 6.13. The van der Waals surface area contributed by atoms with Gasteiger partial charge in [-0.05, 0) is 32.4 Å². The van der Waals surface area contributed by atoms with Crippen LogP contribution >= 0.6 is 0 Å². The first-order chi connectivity index (χ1) is 7.91. The van der Waals surface area contributed by atoms with E-state index in [0.29, 0.717) is 6.42 Å². The van der Waals surface area contributed by atoms with Crippen LogP contribution < -0.4 is 10.6 Å². The Morgan fingerprint density at radius 1 is 1.35 bits per heavy atom. The standard InChI is InChI=1S/C11H20N2O3S/c1-11(3-5-12-6-4-11)10(14)13-9-2-7-17(15,16)8-9/h9,12H,2-8H2,1H3,(H,13,14). The molecule has 0 aromatic heterocycles. The van der Waals surface area contributed by atoms with E-state index < -0.39 is 9.84 Å². The second kappa shape index (κ2) is 4.57. The zero-order valence-corrected chi connectivity index (χ0v) is 11.0. The molecular weight excluding hydrogens is 240 g/mol. The topological polar surface area (TPSA) is 75.3 Å². The molecule has 0 spiro atoms. The van der Waals surface area contributed by atoms with Gasteiger partial charge in [0.15, 0.2) is 9.84 Å². The molecule has 2 heterocycles. The second-order valence-electron chi connectivity index (χ2n) is 5.38. The summed E-state index contributed by atoms with van der Waals surface area (Å²) in [5.74, 6) is 0.324. The SMILES string of the molecule is CC1(C(=O)NC2CCS(=O)(=O)C2)CCNCC1. The maximum atomic E-state index is 12.2. The molecule has 6 heteroatoms. The Morgan fingerprint density at radius 2 is 2.00 bits per heavy atom. The number of rotatable bonds is 2. The van der Waals surface area contributed by atoms with Crippen molar-refractivity contribution in [2.75, 3.05) is 24.6 Å². The highest BCUT2D eigenvalue weighted by atomic mass is 32.2. The minimum absolute atomic E-state index is 0.0149. The second-order valence-corrected chi connectivity index (χ2v) is 7.61. The van der Waals surface area contributed by atoms with E-state index in [-0.39, 0.29) is 28.9 Å². The molecule has 17 heavy (non-hydrogen) atoms. The largest absolute Gasteiger partial charge is 0.352 e. The van der Waals surface area contributed by atoms with E-state index in [9.17, 15) is 13.2 Å². The van der Waals surface area contributed by atoms with Gasteiger partial charge >= 0.3 is 0 Å². The van der Waals surface area contributed by atoms with Crippen LogP contribution in [0.1, 0.15) is 26.2 Å². The predicted octanol–water partition coefficient (Wildman–Crippen LogP) is -0.321. The maximum absolute atomic E-state index is 12.2. The van der Waals surface area contributed by atoms with Crippen molar-refractivity contribution in [3.8, 4) is 0 Å². The van der Waals surface area contributed by atoms with Gasteiger partial charge < -0.3 is 10.6 Å². The van der Waals surface area contributed by atoms with Gasteiger partial charge in [0.05, 0.1) is 11.5 Å². The number of nitrogens with one attached hydrogen (secondary N) is 2. The number of carbonyl (C=O) groups is 1. The third-order valence-corrected chi connectivity index (χ3v) is 5.59. The lowest BCUT2D eigenvalue weighted by Gasteiger charge is -2.33. The average Bonchev–Trinajstić information content (AvgIpc) is 2.59. The molecule has 1 atom stereocenters. The number of hydrogen-bond donors (Lipinski definition) is 2. The number of sulfone groups is 1. The van der Waals surface area contributed by atoms with Crippen molar-refractivity contribution in [3.63, 3.8) is 0 Å². The zero-order valence-electron chi connectivity index (χ0n) is 10.2. The summed E-state index contributed by atoms with van der Waals surface area (Å²) < 4.78 is 22.6. The number of carbonyl (C=O) groups excluding carboxylic acids is 1. The Hall–Kier alpha value is -0.620. The van der Waals surface area contributed by atoms with Gasteiger partial charge in [-0.2, -0.15) is 0 Å². The molecular formula is C11H20N2O3S. The summed E-state index contributed by atoms with van der Waals surface area (Å²) in [5, 5.41) is 6.12. The molecule has 0 radical (unpaired) electrons. The third-order valence-electron chi connectivity index (χ3n) is 3.82. The Bertz CT molecular complexity index is 399. The summed E-state index contributed by atoms with van der Waals surface area (Å²) in [6, 6.07) is -0.181. The maximum Gasteiger partial charge on any atom is 0.226 e. The monoisotopic (exact) mass is 260 g/mol. The molecule has 0 aromatic carbocycles. The minimum atomic E-state index is -2.92. The fraction of sp³-hybridized carbons (Fsp3) is 0.909. The van der Waals surface area contributed by atoms with Crippen LogP contribution in [0, 0.1) is 5.41 Å². The van der Waals surface area contributed by atoms with E-state index in [1.165, 1.54) is 0 Å². The van der Waals surface area contributed by atoms with Crippen LogP contribution in [-0.2, 0) is 14.6 Å². The number of piperidine rings is 1. The molecule has 2 aliphatic heterocycles. The Morgan fingerprint density at radius 3 is 2.53 bits per heavy atom. The summed E-state index contributed by atoms with van der Waals surface area (Å²) in [6.45, 7) is 3.67. The predicted molar refractivity (Wildman–Crippen MR) is 65.4 cm³/mol. The highest BCUT2D eigenvalue weighted by molar-refractivity contribution is 7.91. The van der Waals surface area contributed by atoms with E-state index in [2.05, 4.69) is 10.6 Å². The summed E-state index contributed by atoms with van der Waals surface area (Å²) in [5.41, 5.74) is -0.336. The van der Waals surface area contributed by atoms with Gasteiger partial charge in [-0.1, -0.05) is 6.92 Å². The van der Waals surface area contributed by atoms with E-state index in [0.717, 1.165) is 25.9 Å². The lowest BCUT2D eigenvalue weighted by Crippen LogP contribution is -2.49. The van der Waals surface area contributed by atoms with Gasteiger partial charge in [-0.25, -0.2) is 8.42 Å². The molecule has 1 unspecified atom stereocenters. The van der Waals surface area contributed by atoms with Crippen molar-refractivity contribution in [3.05, 3.63) is 0 Å². The smallest absolute Gasteiger partial charge is 0.226 e. The Balaban J connectivity index is 1.93. The molecule has 2 saturated heterocycles. The van der Waals surface area contributed by atoms with Gasteiger partial charge in [0, 0.05) is 11.5 Å². The van der Waals surface area contributed by atoms with Crippen LogP contribution in [0.5, 0.6) is 0 Å². The highest BCUT2D eigenvalue weighted by Gasteiger charge is 2.37. The van der Waals surface area contributed by atoms with Crippen molar-refractivity contribution in [2.24, 2.45) is 5.41 Å². The fourth-order valence-electron chi connectivity index (χ4n) is 2.47. The van der Waals surface area contributed by atoms with Gasteiger partial charge in [0.2, 0.25) is 5.91 Å². The molecule has 0 aliphatic carbocycles. The molecule has 2 rings (SSSR count). The molecule has 1 amide bonds. The van der Waals surface area contributed by atoms with E-state index in [4.69, 9.17) is 0 Å². The van der Waals surface area contributed by atoms with Crippen LogP contribution in [0.25, 0.3) is 0 Å². The van der Waals surface area contributed by atoms with Crippen LogP contribution in [-0.4, -0.2) is 45.0 Å². The molecule has 0 aromatic rings. The Kier molecular flexibility index (Phi) is 3.45. The molecule has 2 fully saturated rings. The molecule has 2 N–H and O–H groups in total. The molecule has 2 aliphatic rings. The highest BCUT2D eigenvalue weighted by Crippen LogP contribution is 2.28. The molecule has 0 saturated carbocycles. The van der Waals surface area contributed by atoms with Crippen LogP contribution in [0.4, 0.5) is 0 Å². The van der Waals surface area contributed by atoms with Crippen LogP contribution in [0.2, 0.25) is 0 Å². The van der Waals surface area contributed by atoms with Crippen LogP contribution in [0.15, 0.2) is 0 Å². The average molecular weight is 260 g/mol. The summed E-state index contributed by atoms with van der Waals surface area (Å²) in [6.07, 6.45) is 2.19. The summed E-state index contributed by atoms with van der Waals surface area (Å²) >= 11 is 0. The zero-order chi connectivity index (χ0) is 12.5. The van der Waals surface area contributed by atoms with Gasteiger partial charge in [0.1, 0.15) is 0 Å². The van der Waals surface area contributed by atoms with Crippen molar-refractivity contribution in [1.29, 1.82) is 0 Å². The molecule has 5 nitrogen and oxygen atoms in total. The fourth-order valence-corrected chi connectivity index (χ4v) is 4.15. The summed E-state index contributed by atoms with van der Waals surface area (Å²) in [7, 11) is -2.92. The quantitative estimate of drug-likeness (QED) is 0.713. The lowest BCUT2D eigenvalue weighted by atomic mass is 9.80. The van der Waals surface area contributed by atoms with Crippen molar-refractivity contribution in [2.45, 2.75) is 32.2 Å². The van der Waals surface area contributed by atoms with E-state index >= 15 is 0 Å². The lowest BCUT2D eigenvalue weighted by molar-refractivity contribution is -0.132. The van der Waals surface area contributed by atoms with Gasteiger partial charge in [-0.15, -0.1) is 0 Å². The van der Waals surface area contributed by atoms with Gasteiger partial charge in [-0.3, -0.25) is 4.79 Å². The first kappa shape index (κ1) is 12.8. The number of amides is 1. The van der Waals surface area contributed by atoms with Crippen LogP contribution in [0.3, 0.4) is 0 Å². The van der Waals surface area contributed by atoms with Crippen molar-refractivity contribution < 1.29 is 13.2 Å². The summed E-state index contributed by atoms with van der Waals surface area (Å²) in [4.78, 5) is 12.2. The molecule has 0 bridgehead atoms. The third kappa shape index (κ3) is 2.98. The van der Waals surface area contributed by atoms with E-state index in [1.807, 2.05) is 6.92 Å². The first-order valence-corrected chi connectivity index (χ1v) is 7.96. The Labute approximate surface area is 102 Å². The molecule has 98 valence electrons.